The van der Waals surface area contributed by atoms with Crippen molar-refractivity contribution in [3.05, 3.63) is 30.3 Å². The molecule has 5 heteroatoms. The van der Waals surface area contributed by atoms with Gasteiger partial charge in [0.05, 0.1) is 11.8 Å². The zero-order valence-corrected chi connectivity index (χ0v) is 13.0. The van der Waals surface area contributed by atoms with Gasteiger partial charge in [-0.2, -0.15) is 0 Å². The average Bonchev–Trinajstić information content (AvgIpc) is 3.10. The molecule has 1 saturated carbocycles. The Balaban J connectivity index is 1.60. The maximum Gasteiger partial charge on any atom is 0.307 e. The Kier molecular flexibility index (Phi) is 3.59. The maximum absolute atomic E-state index is 12.6. The molecule has 1 aromatic carbocycles. The number of carboxylic acids is 1. The van der Waals surface area contributed by atoms with Crippen molar-refractivity contribution in [2.45, 2.75) is 13.8 Å². The molecule has 1 aliphatic carbocycles. The number of rotatable bonds is 3. The van der Waals surface area contributed by atoms with Crippen LogP contribution in [0.2, 0.25) is 0 Å². The highest BCUT2D eigenvalue weighted by molar-refractivity contribution is 5.91. The molecule has 3 rings (SSSR count). The Morgan fingerprint density at radius 1 is 1.05 bits per heavy atom. The summed E-state index contributed by atoms with van der Waals surface area (Å²) in [6, 6.07) is 10.2. The zero-order chi connectivity index (χ0) is 15.9. The van der Waals surface area contributed by atoms with E-state index in [-0.39, 0.29) is 11.8 Å². The quantitative estimate of drug-likeness (QED) is 0.923. The number of nitrogens with zero attached hydrogens (tertiary/aromatic N) is 2. The molecule has 1 amide bonds. The van der Waals surface area contributed by atoms with E-state index in [1.807, 2.05) is 36.9 Å². The van der Waals surface area contributed by atoms with E-state index >= 15 is 0 Å². The molecular weight excluding hydrogens is 280 g/mol. The second-order valence-corrected chi connectivity index (χ2v) is 6.76. The maximum atomic E-state index is 12.6. The van der Waals surface area contributed by atoms with Crippen molar-refractivity contribution in [3.63, 3.8) is 0 Å². The smallest absolute Gasteiger partial charge is 0.307 e. The van der Waals surface area contributed by atoms with Gasteiger partial charge in [-0.3, -0.25) is 9.59 Å². The van der Waals surface area contributed by atoms with Gasteiger partial charge in [-0.1, -0.05) is 32.0 Å². The molecule has 0 unspecified atom stereocenters. The summed E-state index contributed by atoms with van der Waals surface area (Å²) in [6.07, 6.45) is 0. The topological polar surface area (TPSA) is 60.9 Å². The van der Waals surface area contributed by atoms with Crippen LogP contribution >= 0.6 is 0 Å². The molecular formula is C17H22N2O3. The van der Waals surface area contributed by atoms with Crippen molar-refractivity contribution in [2.75, 3.05) is 31.1 Å². The fourth-order valence-electron chi connectivity index (χ4n) is 3.58. The van der Waals surface area contributed by atoms with Crippen LogP contribution in [0.1, 0.15) is 13.8 Å². The molecule has 5 nitrogen and oxygen atoms in total. The first-order chi connectivity index (χ1) is 10.4. The molecule has 0 aromatic heterocycles. The van der Waals surface area contributed by atoms with Crippen molar-refractivity contribution in [1.29, 1.82) is 0 Å². The molecule has 1 aromatic rings. The molecule has 1 aliphatic heterocycles. The second kappa shape index (κ2) is 5.30. The SMILES string of the molecule is CC1(C)[C@H](C(=O)N2CCN(c3ccccc3)CC2)[C@@H]1C(=O)O. The third-order valence-corrected chi connectivity index (χ3v) is 5.07. The van der Waals surface area contributed by atoms with Crippen LogP contribution in [0.4, 0.5) is 5.69 Å². The Hall–Kier alpha value is -2.04. The van der Waals surface area contributed by atoms with E-state index in [2.05, 4.69) is 17.0 Å². The standard InChI is InChI=1S/C17H22N2O3/c1-17(2)13(14(17)16(21)22)15(20)19-10-8-18(9-11-19)12-6-4-3-5-7-12/h3-7,13-14H,8-11H2,1-2H3,(H,21,22)/t13-,14+/m0/s1. The average molecular weight is 302 g/mol. The molecule has 2 aliphatic rings. The predicted molar refractivity (Wildman–Crippen MR) is 83.6 cm³/mol. The Morgan fingerprint density at radius 2 is 1.64 bits per heavy atom. The summed E-state index contributed by atoms with van der Waals surface area (Å²) in [5, 5.41) is 9.22. The normalized spacial score (nSPS) is 26.6. The molecule has 0 spiro atoms. The number of carbonyl (C=O) groups excluding carboxylic acids is 1. The van der Waals surface area contributed by atoms with Gasteiger partial charge in [0.1, 0.15) is 0 Å². The molecule has 118 valence electrons. The van der Waals surface area contributed by atoms with Crippen LogP contribution in [0.5, 0.6) is 0 Å². The molecule has 22 heavy (non-hydrogen) atoms. The summed E-state index contributed by atoms with van der Waals surface area (Å²) in [5.41, 5.74) is 0.754. The molecule has 1 N–H and O–H groups in total. The molecule has 1 heterocycles. The van der Waals surface area contributed by atoms with Crippen molar-refractivity contribution in [2.24, 2.45) is 17.3 Å². The van der Waals surface area contributed by atoms with E-state index < -0.39 is 17.3 Å². The molecule has 2 fully saturated rings. The lowest BCUT2D eigenvalue weighted by Crippen LogP contribution is -2.49. The number of amides is 1. The number of benzene rings is 1. The van der Waals surface area contributed by atoms with E-state index in [0.29, 0.717) is 13.1 Å². The van der Waals surface area contributed by atoms with Crippen LogP contribution in [0, 0.1) is 17.3 Å². The minimum Gasteiger partial charge on any atom is -0.481 e. The van der Waals surface area contributed by atoms with Crippen LogP contribution in [0.25, 0.3) is 0 Å². The number of hydrogen-bond acceptors (Lipinski definition) is 3. The number of aliphatic carboxylic acids is 1. The van der Waals surface area contributed by atoms with Crippen molar-refractivity contribution in [1.82, 2.24) is 4.90 Å². The predicted octanol–water partition coefficient (Wildman–Crippen LogP) is 1.69. The number of carboxylic acid groups (broad SMARTS) is 1. The van der Waals surface area contributed by atoms with Gasteiger partial charge in [0, 0.05) is 31.9 Å². The lowest BCUT2D eigenvalue weighted by molar-refractivity contribution is -0.142. The molecule has 1 saturated heterocycles. The van der Waals surface area contributed by atoms with Crippen LogP contribution in [-0.2, 0) is 9.59 Å². The van der Waals surface area contributed by atoms with Crippen molar-refractivity contribution >= 4 is 17.6 Å². The first kappa shape index (κ1) is 14.9. The van der Waals surface area contributed by atoms with Gasteiger partial charge in [0.25, 0.3) is 0 Å². The fraction of sp³-hybridized carbons (Fsp3) is 0.529. The van der Waals surface area contributed by atoms with Gasteiger partial charge >= 0.3 is 5.97 Å². The highest BCUT2D eigenvalue weighted by atomic mass is 16.4. The highest BCUT2D eigenvalue weighted by Crippen LogP contribution is 2.59. The number of carbonyl (C=O) groups is 2. The van der Waals surface area contributed by atoms with E-state index in [4.69, 9.17) is 0 Å². The van der Waals surface area contributed by atoms with E-state index in [1.165, 1.54) is 5.69 Å². The summed E-state index contributed by atoms with van der Waals surface area (Å²) < 4.78 is 0. The molecule has 0 radical (unpaired) electrons. The largest absolute Gasteiger partial charge is 0.481 e. The lowest BCUT2D eigenvalue weighted by Gasteiger charge is -2.36. The van der Waals surface area contributed by atoms with Gasteiger partial charge in [-0.25, -0.2) is 0 Å². The first-order valence-corrected chi connectivity index (χ1v) is 7.74. The minimum absolute atomic E-state index is 0.00473. The lowest BCUT2D eigenvalue weighted by atomic mass is 10.1. The summed E-state index contributed by atoms with van der Waals surface area (Å²) in [4.78, 5) is 27.9. The van der Waals surface area contributed by atoms with Crippen LogP contribution in [-0.4, -0.2) is 48.1 Å². The van der Waals surface area contributed by atoms with E-state index in [1.54, 1.807) is 0 Å². The summed E-state index contributed by atoms with van der Waals surface area (Å²) in [6.45, 7) is 6.64. The first-order valence-electron chi connectivity index (χ1n) is 7.74. The van der Waals surface area contributed by atoms with Gasteiger partial charge in [0.15, 0.2) is 0 Å². The number of hydrogen-bond donors (Lipinski definition) is 1. The second-order valence-electron chi connectivity index (χ2n) is 6.76. The molecule has 0 bridgehead atoms. The minimum atomic E-state index is -0.855. The van der Waals surface area contributed by atoms with E-state index in [0.717, 1.165) is 13.1 Å². The van der Waals surface area contributed by atoms with Crippen LogP contribution in [0.3, 0.4) is 0 Å². The summed E-state index contributed by atoms with van der Waals surface area (Å²) >= 11 is 0. The summed E-state index contributed by atoms with van der Waals surface area (Å²) in [5.74, 6) is -1.75. The van der Waals surface area contributed by atoms with E-state index in [9.17, 15) is 14.7 Å². The Labute approximate surface area is 130 Å². The third kappa shape index (κ3) is 2.45. The van der Waals surface area contributed by atoms with Crippen LogP contribution in [0.15, 0.2) is 30.3 Å². The van der Waals surface area contributed by atoms with Crippen molar-refractivity contribution in [3.8, 4) is 0 Å². The fourth-order valence-corrected chi connectivity index (χ4v) is 3.58. The zero-order valence-electron chi connectivity index (χ0n) is 13.0. The monoisotopic (exact) mass is 302 g/mol. The van der Waals surface area contributed by atoms with Crippen molar-refractivity contribution < 1.29 is 14.7 Å². The Bertz CT molecular complexity index is 577. The number of piperazine rings is 1. The number of para-hydroxylation sites is 1. The van der Waals surface area contributed by atoms with Gasteiger partial charge < -0.3 is 14.9 Å². The van der Waals surface area contributed by atoms with Gasteiger partial charge in [0.2, 0.25) is 5.91 Å². The Morgan fingerprint density at radius 3 is 2.14 bits per heavy atom. The number of anilines is 1. The van der Waals surface area contributed by atoms with Gasteiger partial charge in [-0.05, 0) is 17.5 Å². The third-order valence-electron chi connectivity index (χ3n) is 5.07. The summed E-state index contributed by atoms with van der Waals surface area (Å²) in [7, 11) is 0. The van der Waals surface area contributed by atoms with Crippen LogP contribution < -0.4 is 4.90 Å². The van der Waals surface area contributed by atoms with Gasteiger partial charge in [-0.15, -0.1) is 0 Å². The highest BCUT2D eigenvalue weighted by Gasteiger charge is 2.66. The molecule has 2 atom stereocenters.